The van der Waals surface area contributed by atoms with Crippen molar-refractivity contribution in [3.8, 4) is 11.1 Å². The third-order valence-electron chi connectivity index (χ3n) is 15.4. The molecule has 0 aliphatic heterocycles. The molecular formula is C67H48B2. The molecule has 1 aliphatic rings. The number of benzene rings is 12. The van der Waals surface area contributed by atoms with Gasteiger partial charge in [-0.2, -0.15) is 0 Å². The topological polar surface area (TPSA) is 0 Å². The zero-order valence-corrected chi connectivity index (χ0v) is 38.9. The fraction of sp³-hybridized carbons (Fsp3) is 0.0448. The molecule has 0 spiro atoms. The summed E-state index contributed by atoms with van der Waals surface area (Å²) in [6.45, 7) is 4.32. The second kappa shape index (κ2) is 16.5. The molecule has 0 fully saturated rings. The minimum absolute atomic E-state index is 0.0392. The van der Waals surface area contributed by atoms with Crippen molar-refractivity contribution >= 4 is 89.3 Å². The maximum Gasteiger partial charge on any atom is 0.242 e. The minimum Gasteiger partial charge on any atom is -0.0682 e. The Kier molecular flexibility index (Phi) is 9.84. The molecule has 2 heteroatoms. The molecule has 0 bridgehead atoms. The zero-order chi connectivity index (χ0) is 46.1. The summed E-state index contributed by atoms with van der Waals surface area (Å²) in [5.74, 6) is 0. The highest BCUT2D eigenvalue weighted by Crippen LogP contribution is 2.55. The number of aryl methyl sites for hydroxylation is 2. The second-order valence-electron chi connectivity index (χ2n) is 19.2. The molecule has 12 aromatic carbocycles. The molecule has 0 radical (unpaired) electrons. The van der Waals surface area contributed by atoms with E-state index in [1.165, 1.54) is 120 Å². The summed E-state index contributed by atoms with van der Waals surface area (Å²) in [4.78, 5) is 0. The van der Waals surface area contributed by atoms with Crippen LogP contribution >= 0.6 is 0 Å². The Bertz CT molecular complexity index is 3500. The van der Waals surface area contributed by atoms with Gasteiger partial charge in [-0.25, -0.2) is 0 Å². The largest absolute Gasteiger partial charge is 0.242 e. The minimum atomic E-state index is -0.637. The van der Waals surface area contributed by atoms with E-state index in [1.54, 1.807) is 0 Å². The second-order valence-corrected chi connectivity index (χ2v) is 19.2. The van der Waals surface area contributed by atoms with Crippen molar-refractivity contribution in [2.75, 3.05) is 0 Å². The lowest BCUT2D eigenvalue weighted by molar-refractivity contribution is 0.769. The van der Waals surface area contributed by atoms with E-state index < -0.39 is 5.41 Å². The van der Waals surface area contributed by atoms with Crippen molar-refractivity contribution in [2.45, 2.75) is 19.3 Å². The van der Waals surface area contributed by atoms with Crippen molar-refractivity contribution in [1.29, 1.82) is 0 Å². The highest BCUT2D eigenvalue weighted by atomic mass is 14.5. The van der Waals surface area contributed by atoms with Gasteiger partial charge in [0.15, 0.2) is 0 Å². The highest BCUT2D eigenvalue weighted by Gasteiger charge is 2.47. The normalized spacial score (nSPS) is 12.6. The van der Waals surface area contributed by atoms with Gasteiger partial charge in [-0.3, -0.25) is 0 Å². The first-order valence-corrected chi connectivity index (χ1v) is 24.4. The van der Waals surface area contributed by atoms with Crippen LogP contribution in [0.5, 0.6) is 0 Å². The number of rotatable bonds is 8. The maximum atomic E-state index is 2.59. The summed E-state index contributed by atoms with van der Waals surface area (Å²) in [6, 6.07) is 96.7. The lowest BCUT2D eigenvalue weighted by atomic mass is 9.35. The van der Waals surface area contributed by atoms with Crippen LogP contribution in [0.4, 0.5) is 0 Å². The van der Waals surface area contributed by atoms with Gasteiger partial charge < -0.3 is 0 Å². The van der Waals surface area contributed by atoms with E-state index in [2.05, 4.69) is 269 Å². The van der Waals surface area contributed by atoms with Gasteiger partial charge in [0.2, 0.25) is 13.4 Å². The molecule has 0 nitrogen and oxygen atoms in total. The number of hydrogen-bond donors (Lipinski definition) is 0. The SMILES string of the molecule is Cc1ccc(C2(c3ccc(C)cc3)c3cc(B(c4cccc5ccccc45)c4cccc5ccccc45)ccc3-c3ccc(B(c4cccc5ccccc45)c4cccc5ccccc45)cc32)cc1. The molecule has 322 valence electrons. The first-order chi connectivity index (χ1) is 34.0. The molecule has 69 heavy (non-hydrogen) atoms. The van der Waals surface area contributed by atoms with Gasteiger partial charge in [-0.05, 0) is 90.3 Å². The molecule has 0 unspecified atom stereocenters. The maximum absolute atomic E-state index is 2.59. The smallest absolute Gasteiger partial charge is 0.0682 e. The summed E-state index contributed by atoms with van der Waals surface area (Å²) in [7, 11) is 0. The predicted octanol–water partition coefficient (Wildman–Crippen LogP) is 12.3. The van der Waals surface area contributed by atoms with E-state index in [9.17, 15) is 0 Å². The monoisotopic (exact) mass is 874 g/mol. The summed E-state index contributed by atoms with van der Waals surface area (Å²) in [6.07, 6.45) is 0. The Morgan fingerprint density at radius 2 is 0.565 bits per heavy atom. The fourth-order valence-corrected chi connectivity index (χ4v) is 12.2. The van der Waals surface area contributed by atoms with Crippen LogP contribution in [0.25, 0.3) is 54.2 Å². The van der Waals surface area contributed by atoms with Crippen molar-refractivity contribution in [1.82, 2.24) is 0 Å². The van der Waals surface area contributed by atoms with Crippen LogP contribution in [0.15, 0.2) is 255 Å². The van der Waals surface area contributed by atoms with E-state index in [-0.39, 0.29) is 13.4 Å². The third kappa shape index (κ3) is 6.62. The van der Waals surface area contributed by atoms with E-state index in [0.717, 1.165) is 0 Å². The molecule has 0 saturated carbocycles. The van der Waals surface area contributed by atoms with E-state index in [4.69, 9.17) is 0 Å². The van der Waals surface area contributed by atoms with Crippen LogP contribution in [0.3, 0.4) is 0 Å². The van der Waals surface area contributed by atoms with Gasteiger partial charge in [-0.1, -0.05) is 299 Å². The average molecular weight is 875 g/mol. The van der Waals surface area contributed by atoms with Gasteiger partial charge in [0.1, 0.15) is 0 Å². The Morgan fingerprint density at radius 1 is 0.275 bits per heavy atom. The average Bonchev–Trinajstić information content (AvgIpc) is 3.69. The van der Waals surface area contributed by atoms with Crippen molar-refractivity contribution in [2.24, 2.45) is 0 Å². The summed E-state index contributed by atoms with van der Waals surface area (Å²) in [5.41, 5.74) is 17.4. The summed E-state index contributed by atoms with van der Waals surface area (Å²) < 4.78 is 0. The van der Waals surface area contributed by atoms with Crippen molar-refractivity contribution in [3.05, 3.63) is 288 Å². The van der Waals surface area contributed by atoms with Gasteiger partial charge in [0.05, 0.1) is 5.41 Å². The van der Waals surface area contributed by atoms with Gasteiger partial charge in [-0.15, -0.1) is 0 Å². The lowest BCUT2D eigenvalue weighted by Crippen LogP contribution is -2.53. The molecular weight excluding hydrogens is 826 g/mol. The third-order valence-corrected chi connectivity index (χ3v) is 15.4. The summed E-state index contributed by atoms with van der Waals surface area (Å²) in [5, 5.41) is 10.1. The molecule has 0 N–H and O–H groups in total. The van der Waals surface area contributed by atoms with Crippen LogP contribution in [-0.2, 0) is 5.41 Å². The quantitative estimate of drug-likeness (QED) is 0.133. The Hall–Kier alpha value is -8.19. The first kappa shape index (κ1) is 41.0. The van der Waals surface area contributed by atoms with Crippen molar-refractivity contribution in [3.63, 3.8) is 0 Å². The molecule has 0 aromatic heterocycles. The van der Waals surface area contributed by atoms with E-state index >= 15 is 0 Å². The van der Waals surface area contributed by atoms with Crippen molar-refractivity contribution < 1.29 is 0 Å². The van der Waals surface area contributed by atoms with Gasteiger partial charge >= 0.3 is 0 Å². The molecule has 0 amide bonds. The lowest BCUT2D eigenvalue weighted by Gasteiger charge is -2.35. The van der Waals surface area contributed by atoms with Crippen LogP contribution in [0.2, 0.25) is 0 Å². The molecule has 0 heterocycles. The Labute approximate surface area is 405 Å². The highest BCUT2D eigenvalue weighted by molar-refractivity contribution is 6.99. The predicted molar refractivity (Wildman–Crippen MR) is 298 cm³/mol. The zero-order valence-electron chi connectivity index (χ0n) is 38.9. The Balaban J connectivity index is 1.12. The van der Waals surface area contributed by atoms with E-state index in [1.807, 2.05) is 0 Å². The number of hydrogen-bond acceptors (Lipinski definition) is 0. The molecule has 13 rings (SSSR count). The van der Waals surface area contributed by atoms with Crippen LogP contribution in [0, 0.1) is 13.8 Å². The van der Waals surface area contributed by atoms with Crippen LogP contribution < -0.4 is 32.8 Å². The first-order valence-electron chi connectivity index (χ1n) is 24.4. The Morgan fingerprint density at radius 3 is 0.884 bits per heavy atom. The van der Waals surface area contributed by atoms with E-state index in [0.29, 0.717) is 0 Å². The van der Waals surface area contributed by atoms with Gasteiger partial charge in [0, 0.05) is 0 Å². The molecule has 1 aliphatic carbocycles. The molecule has 12 aromatic rings. The standard InChI is InChI=1S/C67H48B2/c1-45-31-35-51(36-32-45)67(52-37-33-46(2)34-38-52)61-43-53(68(63-27-11-19-47-15-3-7-23-55(47)63)64-28-12-20-48-16-4-8-24-56(48)64)39-41-59(61)60-42-40-54(44-62(60)67)69(65-29-13-21-49-17-5-9-25-57(49)65)66-30-14-22-50-18-6-10-26-58(50)66/h3-44H,1-2H3. The van der Waals surface area contributed by atoms with Crippen LogP contribution in [0.1, 0.15) is 33.4 Å². The summed E-state index contributed by atoms with van der Waals surface area (Å²) >= 11 is 0. The number of fused-ring (bicyclic) bond motifs is 7. The molecule has 0 atom stereocenters. The molecule has 0 saturated heterocycles. The fourth-order valence-electron chi connectivity index (χ4n) is 12.2. The van der Waals surface area contributed by atoms with Crippen LogP contribution in [-0.4, -0.2) is 13.4 Å². The van der Waals surface area contributed by atoms with Gasteiger partial charge in [0.25, 0.3) is 0 Å².